The minimum Gasteiger partial charge on any atom is -0.462 e. The fraction of sp³-hybridized carbons (Fsp3) is 0.250. The molecule has 16 heavy (non-hydrogen) atoms. The molecule has 0 saturated carbocycles. The molecular weight excluding hydrogens is 206 g/mol. The number of hydrogen-bond donors (Lipinski definition) is 1. The third kappa shape index (κ3) is 2.53. The fourth-order valence-corrected chi connectivity index (χ4v) is 1.61. The molecule has 1 aromatic rings. The van der Waals surface area contributed by atoms with Gasteiger partial charge in [-0.05, 0) is 12.0 Å². The number of hydrogen-bond acceptors (Lipinski definition) is 3. The van der Waals surface area contributed by atoms with Gasteiger partial charge in [-0.3, -0.25) is 4.79 Å². The van der Waals surface area contributed by atoms with Gasteiger partial charge in [0.15, 0.2) is 5.76 Å². The van der Waals surface area contributed by atoms with Crippen molar-refractivity contribution in [3.05, 3.63) is 47.9 Å². The van der Waals surface area contributed by atoms with Gasteiger partial charge in [-0.2, -0.15) is 0 Å². The van der Waals surface area contributed by atoms with Crippen LogP contribution in [0.25, 0.3) is 0 Å². The molecule has 1 amide bonds. The summed E-state index contributed by atoms with van der Waals surface area (Å²) in [4.78, 5) is 10.5. The van der Waals surface area contributed by atoms with Crippen molar-refractivity contribution in [2.45, 2.75) is 12.5 Å². The van der Waals surface area contributed by atoms with E-state index in [1.807, 2.05) is 30.3 Å². The second kappa shape index (κ2) is 5.21. The molecular formula is C12H13NO3. The summed E-state index contributed by atoms with van der Waals surface area (Å²) >= 11 is 0. The van der Waals surface area contributed by atoms with Crippen molar-refractivity contribution in [1.29, 1.82) is 0 Å². The molecule has 0 aromatic heterocycles. The van der Waals surface area contributed by atoms with Gasteiger partial charge >= 0.3 is 0 Å². The number of carbonyl (C=O) groups is 1. The standard InChI is InChI=1S/C12H13NO3/c14-8-13-11(12-7-15-9-16-12)6-10-4-2-1-3-5-10/h1-5,7-8,11H,6,9H2,(H,13,14). The van der Waals surface area contributed by atoms with Crippen LogP contribution in [0.15, 0.2) is 42.4 Å². The van der Waals surface area contributed by atoms with E-state index in [9.17, 15) is 4.79 Å². The molecule has 0 saturated heterocycles. The number of benzene rings is 1. The van der Waals surface area contributed by atoms with E-state index < -0.39 is 0 Å². The highest BCUT2D eigenvalue weighted by molar-refractivity contribution is 5.48. The number of ether oxygens (including phenoxy) is 2. The van der Waals surface area contributed by atoms with Crippen LogP contribution < -0.4 is 5.32 Å². The van der Waals surface area contributed by atoms with E-state index in [0.29, 0.717) is 18.6 Å². The van der Waals surface area contributed by atoms with Crippen LogP contribution in [-0.4, -0.2) is 19.2 Å². The predicted molar refractivity (Wildman–Crippen MR) is 58.3 cm³/mol. The van der Waals surface area contributed by atoms with Gasteiger partial charge < -0.3 is 14.8 Å². The lowest BCUT2D eigenvalue weighted by Crippen LogP contribution is -2.32. The topological polar surface area (TPSA) is 47.6 Å². The highest BCUT2D eigenvalue weighted by Gasteiger charge is 2.19. The third-order valence-corrected chi connectivity index (χ3v) is 2.39. The first-order chi connectivity index (χ1) is 7.90. The Bertz CT molecular complexity index is 375. The van der Waals surface area contributed by atoms with Crippen LogP contribution in [0.4, 0.5) is 0 Å². The number of carbonyl (C=O) groups excluding carboxylic acids is 1. The van der Waals surface area contributed by atoms with Crippen molar-refractivity contribution in [1.82, 2.24) is 5.32 Å². The van der Waals surface area contributed by atoms with E-state index in [1.54, 1.807) is 6.26 Å². The highest BCUT2D eigenvalue weighted by atomic mass is 16.7. The summed E-state index contributed by atoms with van der Waals surface area (Å²) in [7, 11) is 0. The Kier molecular flexibility index (Phi) is 3.43. The van der Waals surface area contributed by atoms with Gasteiger partial charge in [-0.1, -0.05) is 30.3 Å². The zero-order chi connectivity index (χ0) is 11.2. The molecule has 0 radical (unpaired) electrons. The maximum atomic E-state index is 10.5. The van der Waals surface area contributed by atoms with Crippen LogP contribution in [0.5, 0.6) is 0 Å². The predicted octanol–water partition coefficient (Wildman–Crippen LogP) is 1.19. The first-order valence-corrected chi connectivity index (χ1v) is 5.08. The van der Waals surface area contributed by atoms with Crippen LogP contribution in [0.3, 0.4) is 0 Å². The van der Waals surface area contributed by atoms with Crippen LogP contribution in [-0.2, 0) is 20.7 Å². The Morgan fingerprint density at radius 1 is 1.38 bits per heavy atom. The Balaban J connectivity index is 2.05. The lowest BCUT2D eigenvalue weighted by Gasteiger charge is -2.15. The summed E-state index contributed by atoms with van der Waals surface area (Å²) in [6.45, 7) is 0.223. The maximum absolute atomic E-state index is 10.5. The third-order valence-electron chi connectivity index (χ3n) is 2.39. The van der Waals surface area contributed by atoms with Crippen molar-refractivity contribution in [2.24, 2.45) is 0 Å². The monoisotopic (exact) mass is 219 g/mol. The second-order valence-electron chi connectivity index (χ2n) is 3.48. The molecule has 2 rings (SSSR count). The number of rotatable bonds is 5. The molecule has 4 nitrogen and oxygen atoms in total. The second-order valence-corrected chi connectivity index (χ2v) is 3.48. The van der Waals surface area contributed by atoms with Gasteiger partial charge in [0.25, 0.3) is 0 Å². The van der Waals surface area contributed by atoms with Crippen molar-refractivity contribution in [3.8, 4) is 0 Å². The van der Waals surface area contributed by atoms with Gasteiger partial charge in [0, 0.05) is 0 Å². The van der Waals surface area contributed by atoms with Crippen LogP contribution >= 0.6 is 0 Å². The SMILES string of the molecule is O=CNC(Cc1ccccc1)C1=COCO1. The lowest BCUT2D eigenvalue weighted by atomic mass is 10.1. The quantitative estimate of drug-likeness (QED) is 0.757. The van der Waals surface area contributed by atoms with Crippen molar-refractivity contribution in [3.63, 3.8) is 0 Å². The molecule has 0 bridgehead atoms. The van der Waals surface area contributed by atoms with E-state index >= 15 is 0 Å². The van der Waals surface area contributed by atoms with E-state index in [2.05, 4.69) is 5.32 Å². The maximum Gasteiger partial charge on any atom is 0.229 e. The molecule has 84 valence electrons. The summed E-state index contributed by atoms with van der Waals surface area (Å²) in [5.41, 5.74) is 1.14. The van der Waals surface area contributed by atoms with Crippen molar-refractivity contribution in [2.75, 3.05) is 6.79 Å². The minimum absolute atomic E-state index is 0.164. The zero-order valence-corrected chi connectivity index (χ0v) is 8.76. The molecule has 1 aromatic carbocycles. The largest absolute Gasteiger partial charge is 0.462 e. The Morgan fingerprint density at radius 2 is 2.19 bits per heavy atom. The van der Waals surface area contributed by atoms with E-state index in [1.165, 1.54) is 0 Å². The first kappa shape index (κ1) is 10.5. The first-order valence-electron chi connectivity index (χ1n) is 5.08. The molecule has 1 aliphatic rings. The number of nitrogens with one attached hydrogen (secondary N) is 1. The molecule has 0 spiro atoms. The summed E-state index contributed by atoms with van der Waals surface area (Å²) in [5.74, 6) is 0.663. The summed E-state index contributed by atoms with van der Waals surface area (Å²) in [5, 5.41) is 2.72. The van der Waals surface area contributed by atoms with E-state index in [0.717, 1.165) is 5.56 Å². The van der Waals surface area contributed by atoms with Crippen molar-refractivity contribution >= 4 is 6.41 Å². The smallest absolute Gasteiger partial charge is 0.229 e. The molecule has 1 N–H and O–H groups in total. The Hall–Kier alpha value is -1.97. The van der Waals surface area contributed by atoms with E-state index in [-0.39, 0.29) is 12.8 Å². The molecule has 1 atom stereocenters. The van der Waals surface area contributed by atoms with Gasteiger partial charge in [0.05, 0.1) is 6.04 Å². The molecule has 1 aliphatic heterocycles. The van der Waals surface area contributed by atoms with Gasteiger partial charge in [-0.15, -0.1) is 0 Å². The number of amides is 1. The molecule has 4 heteroatoms. The Labute approximate surface area is 93.9 Å². The van der Waals surface area contributed by atoms with Crippen LogP contribution in [0.1, 0.15) is 5.56 Å². The normalized spacial score (nSPS) is 15.6. The molecule has 0 fully saturated rings. The van der Waals surface area contributed by atoms with Gasteiger partial charge in [0.1, 0.15) is 6.26 Å². The summed E-state index contributed by atoms with van der Waals surface area (Å²) in [6.07, 6.45) is 2.91. The average molecular weight is 219 g/mol. The summed E-state index contributed by atoms with van der Waals surface area (Å²) in [6, 6.07) is 9.75. The van der Waals surface area contributed by atoms with Crippen LogP contribution in [0.2, 0.25) is 0 Å². The minimum atomic E-state index is -0.164. The van der Waals surface area contributed by atoms with E-state index in [4.69, 9.17) is 9.47 Å². The zero-order valence-electron chi connectivity index (χ0n) is 8.76. The van der Waals surface area contributed by atoms with Crippen molar-refractivity contribution < 1.29 is 14.3 Å². The van der Waals surface area contributed by atoms with Crippen LogP contribution in [0, 0.1) is 0 Å². The fourth-order valence-electron chi connectivity index (χ4n) is 1.61. The van der Waals surface area contributed by atoms with Gasteiger partial charge in [0.2, 0.25) is 13.2 Å². The average Bonchev–Trinajstić information content (AvgIpc) is 2.83. The molecule has 1 heterocycles. The Morgan fingerprint density at radius 3 is 2.81 bits per heavy atom. The molecule has 0 aliphatic carbocycles. The van der Waals surface area contributed by atoms with Gasteiger partial charge in [-0.25, -0.2) is 0 Å². The highest BCUT2D eigenvalue weighted by Crippen LogP contribution is 2.15. The molecule has 1 unspecified atom stereocenters. The summed E-state index contributed by atoms with van der Waals surface area (Å²) < 4.78 is 10.2. The lowest BCUT2D eigenvalue weighted by molar-refractivity contribution is -0.110.